The van der Waals surface area contributed by atoms with E-state index in [0.29, 0.717) is 25.5 Å². The van der Waals surface area contributed by atoms with Gasteiger partial charge in [-0.05, 0) is 142 Å². The molecular weight excluding hydrogens is 721 g/mol. The Labute approximate surface area is 359 Å². The molecular formula is C51H94N2O5. The summed E-state index contributed by atoms with van der Waals surface area (Å²) in [5.74, 6) is -0.0928. The van der Waals surface area contributed by atoms with Gasteiger partial charge in [-0.15, -0.1) is 0 Å². The molecule has 0 aromatic rings. The summed E-state index contributed by atoms with van der Waals surface area (Å²) in [6.07, 6.45) is 47.6. The molecule has 0 bridgehead atoms. The van der Waals surface area contributed by atoms with Crippen LogP contribution in [0.3, 0.4) is 0 Å². The minimum atomic E-state index is -0.0654. The number of ether oxygens (including phenoxy) is 2. The van der Waals surface area contributed by atoms with Gasteiger partial charge in [-0.2, -0.15) is 0 Å². The van der Waals surface area contributed by atoms with E-state index >= 15 is 0 Å². The fourth-order valence-electron chi connectivity index (χ4n) is 7.66. The summed E-state index contributed by atoms with van der Waals surface area (Å²) in [5.41, 5.74) is 0. The van der Waals surface area contributed by atoms with E-state index in [4.69, 9.17) is 9.47 Å². The van der Waals surface area contributed by atoms with Crippen molar-refractivity contribution < 1.29 is 24.2 Å². The zero-order chi connectivity index (χ0) is 42.0. The number of aliphatic hydroxyl groups is 1. The van der Waals surface area contributed by atoms with Gasteiger partial charge in [0.05, 0.1) is 13.2 Å². The number of aliphatic hydroxyl groups excluding tert-OH is 1. The highest BCUT2D eigenvalue weighted by Gasteiger charge is 2.24. The van der Waals surface area contributed by atoms with Crippen LogP contribution in [-0.2, 0) is 19.1 Å². The van der Waals surface area contributed by atoms with Gasteiger partial charge in [0.2, 0.25) is 0 Å². The Morgan fingerprint density at radius 2 is 1.03 bits per heavy atom. The van der Waals surface area contributed by atoms with Gasteiger partial charge in [0, 0.05) is 38.5 Å². The number of hydrogen-bond acceptors (Lipinski definition) is 7. The van der Waals surface area contributed by atoms with E-state index in [1.165, 1.54) is 89.9 Å². The van der Waals surface area contributed by atoms with Crippen molar-refractivity contribution >= 4 is 11.9 Å². The van der Waals surface area contributed by atoms with Crippen LogP contribution in [0.15, 0.2) is 36.5 Å². The number of hydrogen-bond donors (Lipinski definition) is 1. The van der Waals surface area contributed by atoms with Gasteiger partial charge in [0.25, 0.3) is 0 Å². The minimum Gasteiger partial charge on any atom is -0.466 e. The summed E-state index contributed by atoms with van der Waals surface area (Å²) in [5, 5.41) is 9.70. The first-order chi connectivity index (χ1) is 28.5. The molecule has 0 aliphatic heterocycles. The Hall–Kier alpha value is -1.96. The van der Waals surface area contributed by atoms with Crippen molar-refractivity contribution in [2.45, 2.75) is 232 Å². The molecule has 1 rings (SSSR count). The predicted octanol–water partition coefficient (Wildman–Crippen LogP) is 13.2. The fourth-order valence-corrected chi connectivity index (χ4v) is 7.66. The Bertz CT molecular complexity index is 983. The van der Waals surface area contributed by atoms with Crippen molar-refractivity contribution in [3.8, 4) is 0 Å². The molecule has 0 atom stereocenters. The topological polar surface area (TPSA) is 79.3 Å². The number of allylic oxidation sites excluding steroid dienone is 6. The average molecular weight is 815 g/mol. The first-order valence-corrected chi connectivity index (χ1v) is 24.9. The third-order valence-electron chi connectivity index (χ3n) is 11.7. The molecule has 1 aliphatic rings. The van der Waals surface area contributed by atoms with Crippen LogP contribution in [0.1, 0.15) is 220 Å². The maximum Gasteiger partial charge on any atom is 0.306 e. The maximum absolute atomic E-state index is 13.0. The second kappa shape index (κ2) is 41.8. The molecule has 7 nitrogen and oxygen atoms in total. The van der Waals surface area contributed by atoms with E-state index in [2.05, 4.69) is 67.0 Å². The Balaban J connectivity index is 2.47. The van der Waals surface area contributed by atoms with Crippen molar-refractivity contribution in [1.29, 1.82) is 0 Å². The summed E-state index contributed by atoms with van der Waals surface area (Å²) in [6.45, 7) is 12.2. The maximum atomic E-state index is 13.0. The molecule has 1 aliphatic carbocycles. The molecule has 0 radical (unpaired) electrons. The molecule has 0 unspecified atom stereocenters. The number of nitrogens with zero attached hydrogens (tertiary/aromatic N) is 2. The zero-order valence-electron chi connectivity index (χ0n) is 38.5. The monoisotopic (exact) mass is 815 g/mol. The van der Waals surface area contributed by atoms with Gasteiger partial charge < -0.3 is 19.5 Å². The Morgan fingerprint density at radius 3 is 1.50 bits per heavy atom. The third kappa shape index (κ3) is 33.8. The smallest absolute Gasteiger partial charge is 0.306 e. The molecule has 0 spiro atoms. The molecule has 338 valence electrons. The minimum absolute atomic E-state index is 0.0247. The van der Waals surface area contributed by atoms with E-state index < -0.39 is 0 Å². The normalized spacial score (nSPS) is 13.6. The molecule has 0 aromatic carbocycles. The Morgan fingerprint density at radius 1 is 0.552 bits per heavy atom. The summed E-state index contributed by atoms with van der Waals surface area (Å²) >= 11 is 0. The van der Waals surface area contributed by atoms with E-state index in [0.717, 1.165) is 129 Å². The van der Waals surface area contributed by atoms with Crippen molar-refractivity contribution in [2.75, 3.05) is 45.9 Å². The van der Waals surface area contributed by atoms with E-state index in [9.17, 15) is 14.7 Å². The molecule has 1 N–H and O–H groups in total. The van der Waals surface area contributed by atoms with E-state index in [1.807, 2.05) is 0 Å². The van der Waals surface area contributed by atoms with E-state index in [-0.39, 0.29) is 24.6 Å². The zero-order valence-corrected chi connectivity index (χ0v) is 38.5. The van der Waals surface area contributed by atoms with Crippen LogP contribution < -0.4 is 0 Å². The molecule has 58 heavy (non-hydrogen) atoms. The second-order valence-electron chi connectivity index (χ2n) is 17.0. The summed E-state index contributed by atoms with van der Waals surface area (Å²) in [6, 6.07) is 0.621. The van der Waals surface area contributed by atoms with Gasteiger partial charge in [0.15, 0.2) is 0 Å². The highest BCUT2D eigenvalue weighted by Crippen LogP contribution is 2.24. The van der Waals surface area contributed by atoms with Crippen LogP contribution in [0.5, 0.6) is 0 Å². The molecule has 7 heteroatoms. The third-order valence-corrected chi connectivity index (χ3v) is 11.7. The summed E-state index contributed by atoms with van der Waals surface area (Å²) in [4.78, 5) is 30.4. The lowest BCUT2D eigenvalue weighted by Crippen LogP contribution is -2.45. The first kappa shape index (κ1) is 54.1. The quantitative estimate of drug-likeness (QED) is 0.0373. The van der Waals surface area contributed by atoms with Crippen LogP contribution in [0, 0.1) is 0 Å². The molecule has 0 heterocycles. The van der Waals surface area contributed by atoms with Crippen LogP contribution >= 0.6 is 0 Å². The van der Waals surface area contributed by atoms with Crippen LogP contribution in [0.4, 0.5) is 0 Å². The predicted molar refractivity (Wildman–Crippen MR) is 247 cm³/mol. The summed E-state index contributed by atoms with van der Waals surface area (Å²) in [7, 11) is 0. The van der Waals surface area contributed by atoms with Crippen molar-refractivity contribution in [1.82, 2.24) is 9.80 Å². The number of carbonyl (C=O) groups is 2. The highest BCUT2D eigenvalue weighted by atomic mass is 16.5. The SMILES string of the molecule is CCCCC/C=C\CCCC(CCC/C=C\CCCCC)OC(=O)CCCCCN(CCCCCC(=O)OCCC/C=C/CCCCC)CCN(CCO)C1CCC1. The Kier molecular flexibility index (Phi) is 38.9. The molecule has 0 aromatic heterocycles. The van der Waals surface area contributed by atoms with Crippen molar-refractivity contribution in [3.63, 3.8) is 0 Å². The number of esters is 2. The van der Waals surface area contributed by atoms with Gasteiger partial charge in [-0.3, -0.25) is 14.5 Å². The summed E-state index contributed by atoms with van der Waals surface area (Å²) < 4.78 is 11.6. The molecule has 0 amide bonds. The number of unbranched alkanes of at least 4 members (excludes halogenated alkanes) is 16. The van der Waals surface area contributed by atoms with Crippen molar-refractivity contribution in [3.05, 3.63) is 36.5 Å². The lowest BCUT2D eigenvalue weighted by atomic mass is 9.91. The average Bonchev–Trinajstić information content (AvgIpc) is 3.19. The van der Waals surface area contributed by atoms with Gasteiger partial charge >= 0.3 is 11.9 Å². The van der Waals surface area contributed by atoms with Crippen LogP contribution in [0.2, 0.25) is 0 Å². The first-order valence-electron chi connectivity index (χ1n) is 24.9. The van der Waals surface area contributed by atoms with Gasteiger partial charge in [-0.1, -0.05) is 115 Å². The molecule has 1 saturated carbocycles. The van der Waals surface area contributed by atoms with Crippen molar-refractivity contribution in [2.24, 2.45) is 0 Å². The van der Waals surface area contributed by atoms with E-state index in [1.54, 1.807) is 0 Å². The lowest BCUT2D eigenvalue weighted by molar-refractivity contribution is -0.150. The fraction of sp³-hybridized carbons (Fsp3) is 0.843. The lowest BCUT2D eigenvalue weighted by Gasteiger charge is -2.38. The molecule has 0 saturated heterocycles. The van der Waals surface area contributed by atoms with Crippen LogP contribution in [0.25, 0.3) is 0 Å². The standard InChI is InChI=1S/C51H94N2O5/c1-4-7-10-13-16-19-22-27-37-49(38-28-23-20-17-14-11-8-5-2)58-51(56)40-30-26-32-42-52(43-44-53(45-46-54)48-35-34-36-48)41-31-25-29-39-50(55)57-47-33-24-21-18-15-12-9-6-3/h16-21,48-49,54H,4-15,22-47H2,1-3H3/b19-16-,20-17-,21-18+. The second-order valence-corrected chi connectivity index (χ2v) is 17.0. The number of rotatable bonds is 43. The largest absolute Gasteiger partial charge is 0.466 e. The van der Waals surface area contributed by atoms with Gasteiger partial charge in [-0.25, -0.2) is 0 Å². The number of carbonyl (C=O) groups excluding carboxylic acids is 2. The van der Waals surface area contributed by atoms with Crippen LogP contribution in [-0.4, -0.2) is 84.9 Å². The highest BCUT2D eigenvalue weighted by molar-refractivity contribution is 5.69. The van der Waals surface area contributed by atoms with Gasteiger partial charge in [0.1, 0.15) is 6.10 Å². The molecule has 1 fully saturated rings.